The number of likely N-dealkylation sites (tertiary alicyclic amines) is 1. The fourth-order valence-electron chi connectivity index (χ4n) is 3.41. The summed E-state index contributed by atoms with van der Waals surface area (Å²) in [5.41, 5.74) is 1.40. The molecule has 1 fully saturated rings. The third-order valence-electron chi connectivity index (χ3n) is 4.45. The molecule has 0 bridgehead atoms. The summed E-state index contributed by atoms with van der Waals surface area (Å²) in [5, 5.41) is 3.36. The van der Waals surface area contributed by atoms with E-state index < -0.39 is 5.82 Å². The molecule has 3 atom stereocenters. The van der Waals surface area contributed by atoms with Crippen molar-refractivity contribution in [2.75, 3.05) is 25.6 Å². The third kappa shape index (κ3) is 2.38. The Morgan fingerprint density at radius 3 is 3.05 bits per heavy atom. The summed E-state index contributed by atoms with van der Waals surface area (Å²) in [7, 11) is 1.51. The lowest BCUT2D eigenvalue weighted by atomic mass is 9.86. The second-order valence-corrected chi connectivity index (χ2v) is 6.15. The van der Waals surface area contributed by atoms with Gasteiger partial charge in [-0.1, -0.05) is 17.7 Å². The van der Waals surface area contributed by atoms with Crippen LogP contribution in [0.5, 0.6) is 0 Å². The number of hydrogen-bond donors (Lipinski definition) is 1. The number of ether oxygens (including phenoxy) is 1. The van der Waals surface area contributed by atoms with Crippen molar-refractivity contribution in [3.05, 3.63) is 28.5 Å². The Balaban J connectivity index is 1.88. The fraction of sp³-hybridized carbons (Fsp3) is 0.533. The molecule has 2 aliphatic heterocycles. The Hall–Kier alpha value is -1.33. The number of carbonyl (C=O) groups is 1. The van der Waals surface area contributed by atoms with Gasteiger partial charge in [0.15, 0.2) is 5.82 Å². The van der Waals surface area contributed by atoms with Crippen LogP contribution in [0.15, 0.2) is 12.1 Å². The molecule has 0 spiro atoms. The normalized spacial score (nSPS) is 27.0. The Bertz CT molecular complexity index is 581. The van der Waals surface area contributed by atoms with E-state index in [4.69, 9.17) is 16.3 Å². The molecule has 1 saturated heterocycles. The topological polar surface area (TPSA) is 41.6 Å². The second kappa shape index (κ2) is 5.46. The molecule has 6 heteroatoms. The van der Waals surface area contributed by atoms with Gasteiger partial charge in [0.05, 0.1) is 10.7 Å². The largest absolute Gasteiger partial charge is 0.379 e. The minimum Gasteiger partial charge on any atom is -0.379 e. The van der Waals surface area contributed by atoms with Gasteiger partial charge < -0.3 is 15.0 Å². The van der Waals surface area contributed by atoms with E-state index in [2.05, 4.69) is 5.32 Å². The number of carbonyl (C=O) groups excluding carboxylic acids is 1. The zero-order chi connectivity index (χ0) is 15.1. The van der Waals surface area contributed by atoms with E-state index in [-0.39, 0.29) is 35.5 Å². The quantitative estimate of drug-likeness (QED) is 0.913. The molecule has 0 aromatic heterocycles. The summed E-state index contributed by atoms with van der Waals surface area (Å²) in [6.07, 6.45) is 0.784. The molecule has 1 aromatic carbocycles. The highest BCUT2D eigenvalue weighted by Gasteiger charge is 2.42. The Morgan fingerprint density at radius 2 is 2.33 bits per heavy atom. The number of nitrogens with one attached hydrogen (secondary N) is 1. The highest BCUT2D eigenvalue weighted by molar-refractivity contribution is 6.31. The molecule has 21 heavy (non-hydrogen) atoms. The predicted octanol–water partition coefficient (Wildman–Crippen LogP) is 2.62. The molecule has 2 unspecified atom stereocenters. The summed E-state index contributed by atoms with van der Waals surface area (Å²) in [6.45, 7) is 2.67. The number of piperidine rings is 1. The van der Waals surface area contributed by atoms with Gasteiger partial charge in [-0.25, -0.2) is 4.39 Å². The molecule has 1 N–H and O–H groups in total. The minimum absolute atomic E-state index is 0.0219. The van der Waals surface area contributed by atoms with Crippen molar-refractivity contribution in [3.8, 4) is 0 Å². The molecule has 4 nitrogen and oxygen atoms in total. The van der Waals surface area contributed by atoms with E-state index in [0.29, 0.717) is 12.2 Å². The van der Waals surface area contributed by atoms with Gasteiger partial charge in [0.2, 0.25) is 5.91 Å². The highest BCUT2D eigenvalue weighted by atomic mass is 35.5. The van der Waals surface area contributed by atoms with Gasteiger partial charge in [0.1, 0.15) is 6.61 Å². The lowest BCUT2D eigenvalue weighted by molar-refractivity contribution is -0.138. The van der Waals surface area contributed by atoms with Crippen LogP contribution in [0.25, 0.3) is 0 Å². The molecule has 114 valence electrons. The van der Waals surface area contributed by atoms with E-state index in [1.54, 1.807) is 6.07 Å². The standard InChI is InChI=1S/C15H18ClFN2O2/c1-8-5-12-10(6-19(8)13(20)7-21-2)9-3-4-11(16)14(17)15(9)18-12/h3-4,8,10,12,18H,5-7H2,1-2H3/t8-,10?,12?/m1/s1. The maximum Gasteiger partial charge on any atom is 0.248 e. The minimum atomic E-state index is -0.397. The van der Waals surface area contributed by atoms with E-state index in [1.165, 1.54) is 7.11 Å². The van der Waals surface area contributed by atoms with Crippen LogP contribution in [0.2, 0.25) is 5.02 Å². The van der Waals surface area contributed by atoms with Crippen LogP contribution in [0.1, 0.15) is 24.8 Å². The average molecular weight is 313 g/mol. The van der Waals surface area contributed by atoms with Crippen molar-refractivity contribution in [1.82, 2.24) is 4.90 Å². The predicted molar refractivity (Wildman–Crippen MR) is 79.2 cm³/mol. The smallest absolute Gasteiger partial charge is 0.248 e. The fourth-order valence-corrected chi connectivity index (χ4v) is 3.57. The van der Waals surface area contributed by atoms with Gasteiger partial charge in [-0.15, -0.1) is 0 Å². The van der Waals surface area contributed by atoms with Crippen molar-refractivity contribution >= 4 is 23.2 Å². The molecule has 2 aliphatic rings. The number of fused-ring (bicyclic) bond motifs is 3. The number of halogens is 2. The molecule has 2 heterocycles. The molecule has 0 radical (unpaired) electrons. The maximum atomic E-state index is 14.1. The number of nitrogens with zero attached hydrogens (tertiary/aromatic N) is 1. The van der Waals surface area contributed by atoms with Gasteiger partial charge in [0, 0.05) is 31.7 Å². The highest BCUT2D eigenvalue weighted by Crippen LogP contribution is 2.44. The molecular weight excluding hydrogens is 295 g/mol. The number of hydrogen-bond acceptors (Lipinski definition) is 3. The Morgan fingerprint density at radius 1 is 1.57 bits per heavy atom. The van der Waals surface area contributed by atoms with Crippen LogP contribution in [0.4, 0.5) is 10.1 Å². The van der Waals surface area contributed by atoms with Gasteiger partial charge in [-0.05, 0) is 25.0 Å². The van der Waals surface area contributed by atoms with E-state index in [9.17, 15) is 9.18 Å². The van der Waals surface area contributed by atoms with Gasteiger partial charge in [0.25, 0.3) is 0 Å². The van der Waals surface area contributed by atoms with Crippen molar-refractivity contribution < 1.29 is 13.9 Å². The monoisotopic (exact) mass is 312 g/mol. The molecule has 0 saturated carbocycles. The SMILES string of the molecule is COCC(=O)N1CC2c3ccc(Cl)c(F)c3NC2C[C@H]1C. The van der Waals surface area contributed by atoms with E-state index >= 15 is 0 Å². The van der Waals surface area contributed by atoms with Crippen molar-refractivity contribution in [3.63, 3.8) is 0 Å². The van der Waals surface area contributed by atoms with Crippen LogP contribution >= 0.6 is 11.6 Å². The van der Waals surface area contributed by atoms with Crippen LogP contribution in [-0.2, 0) is 9.53 Å². The molecule has 1 aromatic rings. The lowest BCUT2D eigenvalue weighted by Crippen LogP contribution is -2.51. The summed E-state index contributed by atoms with van der Waals surface area (Å²) in [4.78, 5) is 13.9. The first-order valence-corrected chi connectivity index (χ1v) is 7.43. The summed E-state index contributed by atoms with van der Waals surface area (Å²) >= 11 is 5.84. The second-order valence-electron chi connectivity index (χ2n) is 5.75. The molecule has 1 amide bonds. The number of rotatable bonds is 2. The molecular formula is C15H18ClFN2O2. The number of methoxy groups -OCH3 is 1. The Kier molecular flexibility index (Phi) is 3.80. The first-order valence-electron chi connectivity index (χ1n) is 7.05. The van der Waals surface area contributed by atoms with E-state index in [0.717, 1.165) is 12.0 Å². The van der Waals surface area contributed by atoms with Gasteiger partial charge in [-0.2, -0.15) is 0 Å². The summed E-state index contributed by atoms with van der Waals surface area (Å²) in [6, 6.07) is 3.69. The number of amides is 1. The van der Waals surface area contributed by atoms with Crippen molar-refractivity contribution in [1.29, 1.82) is 0 Å². The summed E-state index contributed by atoms with van der Waals surface area (Å²) in [5.74, 6) is -0.318. The Labute approximate surface area is 128 Å². The van der Waals surface area contributed by atoms with E-state index in [1.807, 2.05) is 17.9 Å². The van der Waals surface area contributed by atoms with Crippen molar-refractivity contribution in [2.24, 2.45) is 0 Å². The number of benzene rings is 1. The van der Waals surface area contributed by atoms with Crippen LogP contribution < -0.4 is 5.32 Å². The number of anilines is 1. The average Bonchev–Trinajstić information content (AvgIpc) is 2.80. The lowest BCUT2D eigenvalue weighted by Gasteiger charge is -2.40. The zero-order valence-electron chi connectivity index (χ0n) is 12.0. The first kappa shape index (κ1) is 14.6. The molecule has 0 aliphatic carbocycles. The summed E-state index contributed by atoms with van der Waals surface area (Å²) < 4.78 is 19.1. The van der Waals surface area contributed by atoms with Crippen molar-refractivity contribution in [2.45, 2.75) is 31.3 Å². The van der Waals surface area contributed by atoms with Crippen LogP contribution in [-0.4, -0.2) is 43.2 Å². The zero-order valence-corrected chi connectivity index (χ0v) is 12.8. The van der Waals surface area contributed by atoms with Gasteiger partial charge in [-0.3, -0.25) is 4.79 Å². The first-order chi connectivity index (χ1) is 10.0. The maximum absolute atomic E-state index is 14.1. The van der Waals surface area contributed by atoms with Crippen LogP contribution in [0.3, 0.4) is 0 Å². The third-order valence-corrected chi connectivity index (χ3v) is 4.74. The van der Waals surface area contributed by atoms with Crippen LogP contribution in [0, 0.1) is 5.82 Å². The molecule has 3 rings (SSSR count). The van der Waals surface area contributed by atoms with Gasteiger partial charge >= 0.3 is 0 Å².